The molecule has 0 heterocycles. The molecule has 72 valence electrons. The number of hydrogen-bond donors (Lipinski definition) is 2. The van der Waals surface area contributed by atoms with Crippen molar-refractivity contribution in [2.75, 3.05) is 0 Å². The van der Waals surface area contributed by atoms with Crippen LogP contribution in [0.15, 0.2) is 33.6 Å². The fraction of sp³-hybridized carbons (Fsp3) is 0.143. The van der Waals surface area contributed by atoms with E-state index in [2.05, 4.69) is 15.1 Å². The highest BCUT2D eigenvalue weighted by Gasteiger charge is 2.15. The van der Waals surface area contributed by atoms with Crippen molar-refractivity contribution >= 4 is 11.6 Å². The van der Waals surface area contributed by atoms with Gasteiger partial charge in [0, 0.05) is 16.9 Å². The van der Waals surface area contributed by atoms with Crippen LogP contribution in [0.1, 0.15) is 6.42 Å². The van der Waals surface area contributed by atoms with Crippen molar-refractivity contribution in [3.63, 3.8) is 0 Å². The Morgan fingerprint density at radius 1 is 1.57 bits per heavy atom. The zero-order valence-electron chi connectivity index (χ0n) is 7.21. The molecule has 1 aliphatic rings. The van der Waals surface area contributed by atoms with Crippen molar-refractivity contribution in [1.82, 2.24) is 0 Å². The van der Waals surface area contributed by atoms with E-state index >= 15 is 0 Å². The van der Waals surface area contributed by atoms with Gasteiger partial charge in [0.15, 0.2) is 0 Å². The molecule has 1 rings (SSSR count). The Bertz CT molecular complexity index is 398. The molecule has 0 aromatic rings. The van der Waals surface area contributed by atoms with Gasteiger partial charge < -0.3 is 11.6 Å². The number of allylic oxidation sites excluding steroid dienone is 3. The predicted octanol–water partition coefficient (Wildman–Crippen LogP) is 0.311. The number of amides is 1. The van der Waals surface area contributed by atoms with Crippen LogP contribution in [0.5, 0.6) is 0 Å². The summed E-state index contributed by atoms with van der Waals surface area (Å²) < 4.78 is 0. The van der Waals surface area contributed by atoms with E-state index in [1.807, 2.05) is 0 Å². The minimum Gasteiger partial charge on any atom is -0.366 e. The van der Waals surface area contributed by atoms with Gasteiger partial charge in [-0.1, -0.05) is 17.3 Å². The number of hydrazone groups is 1. The Morgan fingerprint density at radius 2 is 2.29 bits per heavy atom. The summed E-state index contributed by atoms with van der Waals surface area (Å²) in [6.45, 7) is 0. The molecule has 0 radical (unpaired) electrons. The summed E-state index contributed by atoms with van der Waals surface area (Å²) >= 11 is 0. The van der Waals surface area contributed by atoms with Crippen LogP contribution in [0.2, 0.25) is 0 Å². The number of nitrogens with zero attached hydrogens (tertiary/aromatic N) is 4. The molecule has 1 aliphatic carbocycles. The lowest BCUT2D eigenvalue weighted by Gasteiger charge is -2.10. The van der Waals surface area contributed by atoms with Crippen molar-refractivity contribution in [2.45, 2.75) is 6.42 Å². The van der Waals surface area contributed by atoms with E-state index in [0.717, 1.165) is 0 Å². The largest absolute Gasteiger partial charge is 0.366 e. The van der Waals surface area contributed by atoms with Gasteiger partial charge in [-0.2, -0.15) is 5.10 Å². The Labute approximate surface area is 79.4 Å². The van der Waals surface area contributed by atoms with Crippen LogP contribution in [0.3, 0.4) is 0 Å². The highest BCUT2D eigenvalue weighted by atomic mass is 16.1. The third kappa shape index (κ3) is 1.90. The third-order valence-electron chi connectivity index (χ3n) is 1.72. The smallest absolute Gasteiger partial charge is 0.245 e. The second kappa shape index (κ2) is 4.11. The highest BCUT2D eigenvalue weighted by molar-refractivity contribution is 6.08. The number of hydrogen-bond acceptors (Lipinski definition) is 4. The Morgan fingerprint density at radius 3 is 2.79 bits per heavy atom. The molecule has 4 N–H and O–H groups in total. The van der Waals surface area contributed by atoms with Crippen LogP contribution in [0.4, 0.5) is 0 Å². The molecule has 0 aliphatic heterocycles. The molecular weight excluding hydrogens is 184 g/mol. The van der Waals surface area contributed by atoms with E-state index in [1.54, 1.807) is 0 Å². The predicted molar refractivity (Wildman–Crippen MR) is 50.7 cm³/mol. The maximum absolute atomic E-state index is 10.8. The molecule has 0 fully saturated rings. The summed E-state index contributed by atoms with van der Waals surface area (Å²) in [6.07, 6.45) is 3.13. The first-order valence-corrected chi connectivity index (χ1v) is 3.72. The standard InChI is InChI=1S/C7H8N6O/c8-7(14)4-1-2-5(12-13-10)6(3-4)11-9/h1-2H,3,9H2,(H2,8,14). The van der Waals surface area contributed by atoms with Gasteiger partial charge >= 0.3 is 0 Å². The van der Waals surface area contributed by atoms with Crippen LogP contribution in [0.25, 0.3) is 10.4 Å². The summed E-state index contributed by atoms with van der Waals surface area (Å²) in [5.41, 5.74) is 14.3. The molecule has 0 unspecified atom stereocenters. The summed E-state index contributed by atoms with van der Waals surface area (Å²) in [5.74, 6) is 4.53. The van der Waals surface area contributed by atoms with Crippen LogP contribution in [0, 0.1) is 0 Å². The molecule has 7 heteroatoms. The number of azide groups is 1. The quantitative estimate of drug-likeness (QED) is 0.214. The van der Waals surface area contributed by atoms with E-state index in [-0.39, 0.29) is 6.42 Å². The highest BCUT2D eigenvalue weighted by Crippen LogP contribution is 2.16. The third-order valence-corrected chi connectivity index (χ3v) is 1.72. The van der Waals surface area contributed by atoms with Gasteiger partial charge in [-0.05, 0) is 5.53 Å². The number of carbonyl (C=O) groups is 1. The monoisotopic (exact) mass is 192 g/mol. The molecule has 1 amide bonds. The zero-order chi connectivity index (χ0) is 10.6. The minimum atomic E-state index is -0.539. The van der Waals surface area contributed by atoms with Gasteiger partial charge in [0.05, 0.1) is 11.4 Å². The summed E-state index contributed by atoms with van der Waals surface area (Å²) in [7, 11) is 0. The normalized spacial score (nSPS) is 18.1. The number of primary amides is 1. The number of rotatable bonds is 2. The second-order valence-electron chi connectivity index (χ2n) is 2.55. The average Bonchev–Trinajstić information content (AvgIpc) is 2.18. The lowest BCUT2D eigenvalue weighted by Crippen LogP contribution is -2.20. The molecule has 7 nitrogen and oxygen atoms in total. The Hall–Kier alpha value is -2.27. The van der Waals surface area contributed by atoms with Crippen molar-refractivity contribution in [3.05, 3.63) is 33.9 Å². The minimum absolute atomic E-state index is 0.191. The van der Waals surface area contributed by atoms with Gasteiger partial charge in [0.25, 0.3) is 0 Å². The summed E-state index contributed by atoms with van der Waals surface area (Å²) in [4.78, 5) is 13.4. The lowest BCUT2D eigenvalue weighted by molar-refractivity contribution is -0.114. The van der Waals surface area contributed by atoms with Crippen LogP contribution < -0.4 is 11.6 Å². The first kappa shape index (κ1) is 9.82. The molecule has 0 saturated heterocycles. The van der Waals surface area contributed by atoms with Gasteiger partial charge in [-0.15, -0.1) is 0 Å². The van der Waals surface area contributed by atoms with Gasteiger partial charge in [0.1, 0.15) is 0 Å². The SMILES string of the molecule is [N-]=[N+]=NC1=CC=C(C(N)=O)CC1=NN. The maximum atomic E-state index is 10.8. The molecule has 0 aromatic carbocycles. The lowest BCUT2D eigenvalue weighted by atomic mass is 10.0. The zero-order valence-corrected chi connectivity index (χ0v) is 7.21. The maximum Gasteiger partial charge on any atom is 0.245 e. The second-order valence-corrected chi connectivity index (χ2v) is 2.55. The average molecular weight is 192 g/mol. The molecule has 0 saturated carbocycles. The topological polar surface area (TPSA) is 130 Å². The fourth-order valence-corrected chi connectivity index (χ4v) is 1.03. The van der Waals surface area contributed by atoms with E-state index in [9.17, 15) is 4.79 Å². The van der Waals surface area contributed by atoms with Crippen molar-refractivity contribution in [2.24, 2.45) is 21.8 Å². The van der Waals surface area contributed by atoms with Gasteiger partial charge in [-0.25, -0.2) is 0 Å². The van der Waals surface area contributed by atoms with Crippen LogP contribution in [-0.4, -0.2) is 11.6 Å². The first-order valence-electron chi connectivity index (χ1n) is 3.72. The van der Waals surface area contributed by atoms with Crippen molar-refractivity contribution < 1.29 is 4.79 Å². The van der Waals surface area contributed by atoms with Crippen molar-refractivity contribution in [3.8, 4) is 0 Å². The van der Waals surface area contributed by atoms with Crippen LogP contribution >= 0.6 is 0 Å². The number of carbonyl (C=O) groups excluding carboxylic acids is 1. The van der Waals surface area contributed by atoms with E-state index in [4.69, 9.17) is 17.1 Å². The molecule has 0 aromatic heterocycles. The Balaban J connectivity index is 3.08. The summed E-state index contributed by atoms with van der Waals surface area (Å²) in [5, 5.41) is 6.78. The van der Waals surface area contributed by atoms with Gasteiger partial charge in [0.2, 0.25) is 5.91 Å². The van der Waals surface area contributed by atoms with E-state index in [0.29, 0.717) is 17.0 Å². The molecule has 14 heavy (non-hydrogen) atoms. The fourth-order valence-electron chi connectivity index (χ4n) is 1.03. The number of nitrogens with two attached hydrogens (primary N) is 2. The molecule has 0 atom stereocenters. The molecule has 0 spiro atoms. The van der Waals surface area contributed by atoms with Crippen LogP contribution in [-0.2, 0) is 4.79 Å². The van der Waals surface area contributed by atoms with Gasteiger partial charge in [-0.3, -0.25) is 4.79 Å². The summed E-state index contributed by atoms with van der Waals surface area (Å²) in [6, 6.07) is 0. The van der Waals surface area contributed by atoms with E-state index < -0.39 is 5.91 Å². The molecular formula is C7H8N6O. The first-order chi connectivity index (χ1) is 6.69. The molecule has 0 bridgehead atoms. The Kier molecular flexibility index (Phi) is 2.88. The van der Waals surface area contributed by atoms with Crippen molar-refractivity contribution in [1.29, 1.82) is 0 Å². The van der Waals surface area contributed by atoms with E-state index in [1.165, 1.54) is 12.2 Å².